The van der Waals surface area contributed by atoms with Crippen molar-refractivity contribution in [1.82, 2.24) is 5.32 Å². The number of terminal acetylenes is 1. The van der Waals surface area contributed by atoms with Gasteiger partial charge in [0, 0.05) is 0 Å². The van der Waals surface area contributed by atoms with Crippen LogP contribution < -0.4 is 5.32 Å². The van der Waals surface area contributed by atoms with Gasteiger partial charge in [0.05, 0.1) is 13.7 Å². The summed E-state index contributed by atoms with van der Waals surface area (Å²) >= 11 is 0. The Kier molecular flexibility index (Phi) is 4.87. The van der Waals surface area contributed by atoms with Crippen LogP contribution in [0.4, 0.5) is 4.39 Å². The number of benzene rings is 1. The molecule has 0 aliphatic carbocycles. The van der Waals surface area contributed by atoms with E-state index in [1.807, 2.05) is 6.92 Å². The highest BCUT2D eigenvalue weighted by Crippen LogP contribution is 2.27. The number of carbonyl (C=O) groups excluding carboxylic acids is 1. The molecule has 96 valence electrons. The normalized spacial score (nSPS) is 13.4. The molecule has 0 aliphatic heterocycles. The number of hydrogen-bond donors (Lipinski definition) is 1. The van der Waals surface area contributed by atoms with Gasteiger partial charge in [0.25, 0.3) is 0 Å². The van der Waals surface area contributed by atoms with Crippen LogP contribution in [-0.2, 0) is 15.1 Å². The molecule has 4 heteroatoms. The van der Waals surface area contributed by atoms with Crippen LogP contribution in [0.1, 0.15) is 18.9 Å². The van der Waals surface area contributed by atoms with Crippen molar-refractivity contribution < 1.29 is 13.9 Å². The number of nitrogens with one attached hydrogen (secondary N) is 1. The predicted octanol–water partition coefficient (Wildman–Crippen LogP) is 1.83. The lowest BCUT2D eigenvalue weighted by atomic mass is 9.87. The van der Waals surface area contributed by atoms with Crippen molar-refractivity contribution in [3.05, 3.63) is 35.6 Å². The van der Waals surface area contributed by atoms with Crippen LogP contribution in [-0.4, -0.2) is 19.6 Å². The molecule has 1 N–H and O–H groups in total. The fraction of sp³-hybridized carbons (Fsp3) is 0.357. The lowest BCUT2D eigenvalue weighted by Gasteiger charge is -2.30. The largest absolute Gasteiger partial charge is 0.467 e. The van der Waals surface area contributed by atoms with Crippen LogP contribution in [0, 0.1) is 18.2 Å². The Labute approximate surface area is 106 Å². The van der Waals surface area contributed by atoms with Gasteiger partial charge in [-0.25, -0.2) is 9.18 Å². The zero-order valence-corrected chi connectivity index (χ0v) is 10.5. The zero-order valence-electron chi connectivity index (χ0n) is 10.5. The Morgan fingerprint density at radius 3 is 2.83 bits per heavy atom. The molecule has 0 amide bonds. The second-order valence-electron chi connectivity index (χ2n) is 3.82. The molecule has 1 unspecified atom stereocenters. The summed E-state index contributed by atoms with van der Waals surface area (Å²) < 4.78 is 18.1. The van der Waals surface area contributed by atoms with Gasteiger partial charge in [-0.1, -0.05) is 25.0 Å². The first-order chi connectivity index (χ1) is 8.60. The first-order valence-electron chi connectivity index (χ1n) is 5.63. The molecule has 0 fully saturated rings. The standard InChI is InChI=1S/C14H16FNO2/c1-4-9-16-14(5-2,13(17)18-3)11-7-6-8-12(15)10-11/h1,6-8,10,16H,5,9H2,2-3H3. The van der Waals surface area contributed by atoms with Gasteiger partial charge >= 0.3 is 5.97 Å². The van der Waals surface area contributed by atoms with Crippen molar-refractivity contribution in [2.45, 2.75) is 18.9 Å². The summed E-state index contributed by atoms with van der Waals surface area (Å²) in [6, 6.07) is 5.86. The third-order valence-corrected chi connectivity index (χ3v) is 2.87. The highest BCUT2D eigenvalue weighted by molar-refractivity contribution is 5.82. The third-order valence-electron chi connectivity index (χ3n) is 2.87. The van der Waals surface area contributed by atoms with Gasteiger partial charge in [-0.15, -0.1) is 6.42 Å². The maximum Gasteiger partial charge on any atom is 0.330 e. The Morgan fingerprint density at radius 2 is 2.33 bits per heavy atom. The number of methoxy groups -OCH3 is 1. The highest BCUT2D eigenvalue weighted by atomic mass is 19.1. The van der Waals surface area contributed by atoms with E-state index in [0.29, 0.717) is 12.0 Å². The highest BCUT2D eigenvalue weighted by Gasteiger charge is 2.39. The molecule has 1 aromatic carbocycles. The Morgan fingerprint density at radius 1 is 1.61 bits per heavy atom. The molecule has 0 aromatic heterocycles. The minimum absolute atomic E-state index is 0.194. The van der Waals surface area contributed by atoms with Crippen LogP contribution >= 0.6 is 0 Å². The number of carbonyl (C=O) groups is 1. The van der Waals surface area contributed by atoms with Crippen molar-refractivity contribution >= 4 is 5.97 Å². The van der Waals surface area contributed by atoms with E-state index in [1.165, 1.54) is 19.2 Å². The third kappa shape index (κ3) is 2.69. The SMILES string of the molecule is C#CCNC(CC)(C(=O)OC)c1cccc(F)c1. The van der Waals surface area contributed by atoms with Crippen LogP contribution in [0.3, 0.4) is 0 Å². The van der Waals surface area contributed by atoms with E-state index in [9.17, 15) is 9.18 Å². The fourth-order valence-corrected chi connectivity index (χ4v) is 1.90. The second-order valence-corrected chi connectivity index (χ2v) is 3.82. The van der Waals surface area contributed by atoms with E-state index in [4.69, 9.17) is 11.2 Å². The maximum atomic E-state index is 13.3. The van der Waals surface area contributed by atoms with E-state index in [2.05, 4.69) is 11.2 Å². The van der Waals surface area contributed by atoms with E-state index >= 15 is 0 Å². The van der Waals surface area contributed by atoms with Gasteiger partial charge in [-0.2, -0.15) is 0 Å². The number of esters is 1. The Balaban J connectivity index is 3.25. The maximum absolute atomic E-state index is 13.3. The Hall–Kier alpha value is -1.86. The molecule has 0 saturated carbocycles. The first-order valence-corrected chi connectivity index (χ1v) is 5.63. The number of halogens is 1. The van der Waals surface area contributed by atoms with Gasteiger partial charge in [-0.3, -0.25) is 5.32 Å². The second kappa shape index (κ2) is 6.18. The molecule has 1 atom stereocenters. The van der Waals surface area contributed by atoms with Crippen LogP contribution in [0.15, 0.2) is 24.3 Å². The summed E-state index contributed by atoms with van der Waals surface area (Å²) in [5.41, 5.74) is -0.601. The van der Waals surface area contributed by atoms with Gasteiger partial charge in [0.15, 0.2) is 0 Å². The van der Waals surface area contributed by atoms with Gasteiger partial charge in [-0.05, 0) is 24.1 Å². The van der Waals surface area contributed by atoms with Crippen molar-refractivity contribution in [3.63, 3.8) is 0 Å². The van der Waals surface area contributed by atoms with Crippen molar-refractivity contribution in [3.8, 4) is 12.3 Å². The summed E-state index contributed by atoms with van der Waals surface area (Å²) in [5.74, 6) is 1.52. The molecular formula is C14H16FNO2. The molecule has 0 spiro atoms. The van der Waals surface area contributed by atoms with E-state index in [0.717, 1.165) is 0 Å². The van der Waals surface area contributed by atoms with E-state index in [-0.39, 0.29) is 6.54 Å². The van der Waals surface area contributed by atoms with Crippen LogP contribution in [0.25, 0.3) is 0 Å². The lowest BCUT2D eigenvalue weighted by Crippen LogP contribution is -2.49. The molecule has 1 rings (SSSR count). The van der Waals surface area contributed by atoms with Crippen LogP contribution in [0.5, 0.6) is 0 Å². The minimum atomic E-state index is -1.11. The number of hydrogen-bond acceptors (Lipinski definition) is 3. The van der Waals surface area contributed by atoms with E-state index < -0.39 is 17.3 Å². The molecule has 18 heavy (non-hydrogen) atoms. The lowest BCUT2D eigenvalue weighted by molar-refractivity contribution is -0.149. The summed E-state index contributed by atoms with van der Waals surface area (Å²) in [5, 5.41) is 2.95. The molecular weight excluding hydrogens is 233 g/mol. The summed E-state index contributed by atoms with van der Waals surface area (Å²) in [6.07, 6.45) is 5.61. The van der Waals surface area contributed by atoms with Crippen molar-refractivity contribution in [2.24, 2.45) is 0 Å². The molecule has 3 nitrogen and oxygen atoms in total. The van der Waals surface area contributed by atoms with Crippen molar-refractivity contribution in [1.29, 1.82) is 0 Å². The summed E-state index contributed by atoms with van der Waals surface area (Å²) in [4.78, 5) is 12.0. The first kappa shape index (κ1) is 14.2. The van der Waals surface area contributed by atoms with Gasteiger partial charge < -0.3 is 4.74 Å². The molecule has 1 aromatic rings. The monoisotopic (exact) mass is 249 g/mol. The van der Waals surface area contributed by atoms with Crippen LogP contribution in [0.2, 0.25) is 0 Å². The Bertz CT molecular complexity index is 467. The summed E-state index contributed by atoms with van der Waals surface area (Å²) in [7, 11) is 1.30. The summed E-state index contributed by atoms with van der Waals surface area (Å²) in [6.45, 7) is 2.00. The number of ether oxygens (including phenoxy) is 1. The fourth-order valence-electron chi connectivity index (χ4n) is 1.90. The van der Waals surface area contributed by atoms with E-state index in [1.54, 1.807) is 12.1 Å². The zero-order chi connectivity index (χ0) is 13.6. The average Bonchev–Trinajstić information content (AvgIpc) is 2.39. The molecule has 0 radical (unpaired) electrons. The quantitative estimate of drug-likeness (QED) is 0.639. The molecule has 0 aliphatic rings. The van der Waals surface area contributed by atoms with Crippen molar-refractivity contribution in [2.75, 3.05) is 13.7 Å². The van der Waals surface area contributed by atoms with Gasteiger partial charge in [0.2, 0.25) is 0 Å². The molecule has 0 bridgehead atoms. The smallest absolute Gasteiger partial charge is 0.330 e. The topological polar surface area (TPSA) is 38.3 Å². The molecule has 0 saturated heterocycles. The molecule has 0 heterocycles. The minimum Gasteiger partial charge on any atom is -0.467 e. The number of rotatable bonds is 5. The average molecular weight is 249 g/mol. The van der Waals surface area contributed by atoms with Gasteiger partial charge in [0.1, 0.15) is 11.4 Å². The predicted molar refractivity (Wildman–Crippen MR) is 67.2 cm³/mol.